The van der Waals surface area contributed by atoms with E-state index >= 15 is 0 Å². The van der Waals surface area contributed by atoms with Crippen LogP contribution in [-0.4, -0.2) is 58.3 Å². The Balaban J connectivity index is 0.934. The Morgan fingerprint density at radius 3 is 2.17 bits per heavy atom. The van der Waals surface area contributed by atoms with E-state index in [2.05, 4.69) is 45.2 Å². The van der Waals surface area contributed by atoms with Gasteiger partial charge in [-0.15, -0.1) is 0 Å². The van der Waals surface area contributed by atoms with Crippen LogP contribution < -0.4 is 5.32 Å². The van der Waals surface area contributed by atoms with Crippen LogP contribution >= 0.6 is 0 Å². The summed E-state index contributed by atoms with van der Waals surface area (Å²) in [7, 11) is 0. The molecule has 298 valence electrons. The molecule has 0 aromatic carbocycles. The van der Waals surface area contributed by atoms with Gasteiger partial charge < -0.3 is 20.4 Å². The Morgan fingerprint density at radius 1 is 0.788 bits per heavy atom. The van der Waals surface area contributed by atoms with Gasteiger partial charge in [0.05, 0.1) is 12.2 Å². The maximum absolute atomic E-state index is 13.1. The first-order valence-electron chi connectivity index (χ1n) is 22.6. The first kappa shape index (κ1) is 41.8. The molecule has 0 spiro atoms. The molecule has 0 radical (unpaired) electrons. The molecule has 0 aromatic heterocycles. The van der Waals surface area contributed by atoms with E-state index in [1.165, 1.54) is 96.3 Å². The number of allylic oxidation sites excluding steroid dienone is 2. The van der Waals surface area contributed by atoms with Gasteiger partial charge in [-0.05, 0) is 143 Å². The highest BCUT2D eigenvalue weighted by molar-refractivity contribution is 5.78. The maximum Gasteiger partial charge on any atom is 0.222 e. The van der Waals surface area contributed by atoms with Gasteiger partial charge in [-0.25, -0.2) is 0 Å². The average molecular weight is 725 g/mol. The summed E-state index contributed by atoms with van der Waals surface area (Å²) < 4.78 is 0. The van der Waals surface area contributed by atoms with Crippen LogP contribution in [0, 0.1) is 46.3 Å². The largest absolute Gasteiger partial charge is 0.393 e. The number of carbonyl (C=O) groups excluding carboxylic acids is 2. The molecule has 0 bridgehead atoms. The summed E-state index contributed by atoms with van der Waals surface area (Å²) in [5.74, 6) is 3.48. The van der Waals surface area contributed by atoms with Crippen LogP contribution in [0.2, 0.25) is 0 Å². The summed E-state index contributed by atoms with van der Waals surface area (Å²) in [6.45, 7) is 11.1. The fraction of sp³-hybridized carbons (Fsp3) is 0.913. The van der Waals surface area contributed by atoms with Crippen LogP contribution in [0.5, 0.6) is 0 Å². The summed E-state index contributed by atoms with van der Waals surface area (Å²) in [6.07, 6.45) is 32.4. The van der Waals surface area contributed by atoms with Crippen LogP contribution in [0.3, 0.4) is 0 Å². The van der Waals surface area contributed by atoms with Gasteiger partial charge in [-0.2, -0.15) is 0 Å². The quantitative estimate of drug-likeness (QED) is 0.0862. The number of unbranched alkanes of at least 4 members (excludes halogenated alkanes) is 11. The van der Waals surface area contributed by atoms with E-state index in [4.69, 9.17) is 0 Å². The first-order chi connectivity index (χ1) is 25.1. The molecule has 5 rings (SSSR count). The second kappa shape index (κ2) is 20.0. The Hall–Kier alpha value is -1.40. The third-order valence-electron chi connectivity index (χ3n) is 15.8. The topological polar surface area (TPSA) is 89.9 Å². The summed E-state index contributed by atoms with van der Waals surface area (Å²) in [6, 6.07) is 0.0865. The highest BCUT2D eigenvalue weighted by atomic mass is 16.3. The zero-order chi connectivity index (χ0) is 37.1. The van der Waals surface area contributed by atoms with Crippen molar-refractivity contribution in [1.82, 2.24) is 10.2 Å². The van der Waals surface area contributed by atoms with Crippen LogP contribution in [-0.2, 0) is 9.59 Å². The number of rotatable bonds is 20. The molecule has 52 heavy (non-hydrogen) atoms. The van der Waals surface area contributed by atoms with Gasteiger partial charge in [-0.1, -0.05) is 91.2 Å². The number of aliphatic hydroxyl groups excluding tert-OH is 2. The number of hydrogen-bond donors (Lipinski definition) is 3. The van der Waals surface area contributed by atoms with Gasteiger partial charge in [0.25, 0.3) is 0 Å². The molecular weight excluding hydrogens is 645 g/mol. The molecule has 3 N–H and O–H groups in total. The lowest BCUT2D eigenvalue weighted by Crippen LogP contribution is -2.58. The Bertz CT molecular complexity index is 1140. The SMILES string of the molecule is CCCCCCCC/C=C\CCCCCCCC(=O)N1CC[C@@H](NC(=O)CC[C@@H](C)C2CC[C@H]3[C@@H]4[C@H](O)C[C@@H]5C[C@H](O)CC[C@]5(C)[C@H]4CC[C@]23C)C1. The van der Waals surface area contributed by atoms with Crippen molar-refractivity contribution < 1.29 is 19.8 Å². The fourth-order valence-electron chi connectivity index (χ4n) is 12.6. The van der Waals surface area contributed by atoms with E-state index in [1.54, 1.807) is 0 Å². The Morgan fingerprint density at radius 2 is 1.44 bits per heavy atom. The lowest BCUT2D eigenvalue weighted by Gasteiger charge is -2.62. The highest BCUT2D eigenvalue weighted by Crippen LogP contribution is 2.68. The lowest BCUT2D eigenvalue weighted by molar-refractivity contribution is -0.174. The van der Waals surface area contributed by atoms with Gasteiger partial charge >= 0.3 is 0 Å². The molecule has 0 aromatic rings. The van der Waals surface area contributed by atoms with Crippen molar-refractivity contribution in [1.29, 1.82) is 0 Å². The zero-order valence-corrected chi connectivity index (χ0v) is 34.1. The monoisotopic (exact) mass is 725 g/mol. The van der Waals surface area contributed by atoms with Crippen molar-refractivity contribution in [2.75, 3.05) is 13.1 Å². The van der Waals surface area contributed by atoms with E-state index < -0.39 is 0 Å². The van der Waals surface area contributed by atoms with Gasteiger partial charge in [0.2, 0.25) is 11.8 Å². The predicted molar refractivity (Wildman–Crippen MR) is 214 cm³/mol. The molecule has 11 atom stereocenters. The second-order valence-electron chi connectivity index (χ2n) is 19.2. The van der Waals surface area contributed by atoms with E-state index in [0.717, 1.165) is 57.9 Å². The number of hydrogen-bond acceptors (Lipinski definition) is 4. The molecule has 1 heterocycles. The van der Waals surface area contributed by atoms with Crippen LogP contribution in [0.4, 0.5) is 0 Å². The molecule has 4 aliphatic carbocycles. The Kier molecular flexibility index (Phi) is 16.0. The number of aliphatic hydroxyl groups is 2. The number of carbonyl (C=O) groups is 2. The standard InChI is InChI=1S/C46H80N2O4/c1-5-6-7-8-9-10-11-12-13-14-15-16-17-18-19-20-43(52)48-30-27-36(33-48)47-42(51)24-21-34(2)38-22-23-39-44-40(26-29-46(38,39)4)45(3)28-25-37(49)31-35(45)32-41(44)50/h12-13,34-41,44,49-50H,5-11,14-33H2,1-4H3,(H,47,51)/b13-12-/t34-,35+,36-,37-,38?,39+,40+,41-,44+,45+,46-/m1/s1. The highest BCUT2D eigenvalue weighted by Gasteiger charge is 2.62. The molecule has 1 saturated heterocycles. The van der Waals surface area contributed by atoms with E-state index in [-0.39, 0.29) is 40.9 Å². The number of nitrogens with one attached hydrogen (secondary N) is 1. The molecule has 2 amide bonds. The minimum Gasteiger partial charge on any atom is -0.393 e. The van der Waals surface area contributed by atoms with Crippen LogP contribution in [0.15, 0.2) is 12.2 Å². The first-order valence-corrected chi connectivity index (χ1v) is 22.6. The zero-order valence-electron chi connectivity index (χ0n) is 34.1. The molecule has 4 saturated carbocycles. The molecule has 5 aliphatic rings. The van der Waals surface area contributed by atoms with Crippen LogP contribution in [0.1, 0.15) is 188 Å². The van der Waals surface area contributed by atoms with E-state index in [0.29, 0.717) is 54.9 Å². The Labute approximate surface area is 319 Å². The van der Waals surface area contributed by atoms with Crippen molar-refractivity contribution in [3.8, 4) is 0 Å². The minimum absolute atomic E-state index is 0.0865. The van der Waals surface area contributed by atoms with Crippen molar-refractivity contribution in [3.63, 3.8) is 0 Å². The molecule has 6 nitrogen and oxygen atoms in total. The second-order valence-corrected chi connectivity index (χ2v) is 19.2. The summed E-state index contributed by atoms with van der Waals surface area (Å²) in [4.78, 5) is 28.0. The number of amides is 2. The fourth-order valence-corrected chi connectivity index (χ4v) is 12.6. The third kappa shape index (κ3) is 10.5. The van der Waals surface area contributed by atoms with Crippen molar-refractivity contribution in [2.45, 2.75) is 206 Å². The molecule has 1 aliphatic heterocycles. The van der Waals surface area contributed by atoms with Crippen molar-refractivity contribution in [2.24, 2.45) is 46.3 Å². The van der Waals surface area contributed by atoms with Crippen molar-refractivity contribution in [3.05, 3.63) is 12.2 Å². The van der Waals surface area contributed by atoms with E-state index in [1.807, 2.05) is 4.90 Å². The summed E-state index contributed by atoms with van der Waals surface area (Å²) in [5, 5.41) is 25.3. The molecule has 1 unspecified atom stereocenters. The van der Waals surface area contributed by atoms with Crippen molar-refractivity contribution >= 4 is 11.8 Å². The van der Waals surface area contributed by atoms with Gasteiger partial charge in [0.15, 0.2) is 0 Å². The maximum atomic E-state index is 13.1. The smallest absolute Gasteiger partial charge is 0.222 e. The van der Waals surface area contributed by atoms with E-state index in [9.17, 15) is 19.8 Å². The van der Waals surface area contributed by atoms with Gasteiger partial charge in [0.1, 0.15) is 0 Å². The third-order valence-corrected chi connectivity index (χ3v) is 15.8. The normalized spacial score (nSPS) is 36.4. The average Bonchev–Trinajstić information content (AvgIpc) is 3.73. The summed E-state index contributed by atoms with van der Waals surface area (Å²) >= 11 is 0. The van der Waals surface area contributed by atoms with Gasteiger partial charge in [0, 0.05) is 32.0 Å². The minimum atomic E-state index is -0.238. The molecule has 6 heteroatoms. The van der Waals surface area contributed by atoms with Crippen LogP contribution in [0.25, 0.3) is 0 Å². The van der Waals surface area contributed by atoms with Gasteiger partial charge in [-0.3, -0.25) is 9.59 Å². The summed E-state index contributed by atoms with van der Waals surface area (Å²) in [5.41, 5.74) is 0.502. The lowest BCUT2D eigenvalue weighted by atomic mass is 9.43. The molecule has 5 fully saturated rings. The predicted octanol–water partition coefficient (Wildman–Crippen LogP) is 10.1. The number of nitrogens with zero attached hydrogens (tertiary/aromatic N) is 1. The number of likely N-dealkylation sites (tertiary alicyclic amines) is 1. The number of fused-ring (bicyclic) bond motifs is 5. The molecular formula is C46H80N2O4.